The van der Waals surface area contributed by atoms with Crippen LogP contribution < -0.4 is 10.2 Å². The molecule has 5 rings (SSSR count). The second-order valence-electron chi connectivity index (χ2n) is 8.55. The van der Waals surface area contributed by atoms with E-state index in [-0.39, 0.29) is 5.91 Å². The molecule has 0 aromatic heterocycles. The zero-order chi connectivity index (χ0) is 23.4. The molecule has 0 spiro atoms. The lowest BCUT2D eigenvalue weighted by atomic mass is 9.62. The summed E-state index contributed by atoms with van der Waals surface area (Å²) < 4.78 is 40.9. The van der Waals surface area contributed by atoms with Gasteiger partial charge in [-0.25, -0.2) is 0 Å². The number of nitrogens with one attached hydrogen (secondary N) is 1. The number of fused-ring (bicyclic) bond motifs is 1. The van der Waals surface area contributed by atoms with Crippen molar-refractivity contribution in [1.82, 2.24) is 5.32 Å². The topological polar surface area (TPSA) is 57.1 Å². The van der Waals surface area contributed by atoms with Crippen LogP contribution in [0.25, 0.3) is 0 Å². The minimum Gasteiger partial charge on any atom is -0.362 e. The summed E-state index contributed by atoms with van der Waals surface area (Å²) in [6.45, 7) is 4.31. The van der Waals surface area contributed by atoms with Crippen molar-refractivity contribution in [1.29, 1.82) is 0 Å². The fourth-order valence-corrected chi connectivity index (χ4v) is 5.31. The van der Waals surface area contributed by atoms with Gasteiger partial charge >= 0.3 is 6.18 Å². The third kappa shape index (κ3) is 3.19. The van der Waals surface area contributed by atoms with Crippen LogP contribution in [0.15, 0.2) is 81.8 Å². The van der Waals surface area contributed by atoms with Crippen molar-refractivity contribution >= 4 is 11.6 Å². The molecule has 0 saturated carbocycles. The number of anilines is 1. The van der Waals surface area contributed by atoms with Gasteiger partial charge in [0.15, 0.2) is 6.17 Å². The summed E-state index contributed by atoms with van der Waals surface area (Å²) >= 11 is 0. The van der Waals surface area contributed by atoms with E-state index in [9.17, 15) is 18.0 Å². The molecule has 0 aliphatic carbocycles. The summed E-state index contributed by atoms with van der Waals surface area (Å²) in [5.74, 6) is -0.205. The van der Waals surface area contributed by atoms with Gasteiger partial charge in [0.2, 0.25) is 0 Å². The number of alkyl halides is 3. The maximum Gasteiger partial charge on any atom is 0.416 e. The van der Waals surface area contributed by atoms with E-state index in [2.05, 4.69) is 15.5 Å². The highest BCUT2D eigenvalue weighted by atomic mass is 19.4. The van der Waals surface area contributed by atoms with Crippen LogP contribution in [0.4, 0.5) is 18.9 Å². The van der Waals surface area contributed by atoms with Crippen molar-refractivity contribution in [2.45, 2.75) is 44.4 Å². The second kappa shape index (κ2) is 7.57. The Hall–Kier alpha value is -3.42. The summed E-state index contributed by atoms with van der Waals surface area (Å²) in [7, 11) is 0. The van der Waals surface area contributed by atoms with Gasteiger partial charge in [-0.2, -0.15) is 23.4 Å². The summed E-state index contributed by atoms with van der Waals surface area (Å²) in [4.78, 5) is 15.8. The number of nitrogens with zero attached hydrogens (tertiary/aromatic N) is 3. The molecule has 0 fully saturated rings. The molecule has 2 aromatic rings. The number of halogens is 3. The first-order valence-electron chi connectivity index (χ1n) is 10.9. The number of aryl methyl sites for hydroxylation is 1. The van der Waals surface area contributed by atoms with E-state index in [1.807, 2.05) is 38.1 Å². The van der Waals surface area contributed by atoms with Gasteiger partial charge in [-0.05, 0) is 36.6 Å². The molecule has 2 atom stereocenters. The molecule has 1 N–H and O–H groups in total. The number of para-hydroxylation sites is 1. The van der Waals surface area contributed by atoms with Crippen LogP contribution in [0.2, 0.25) is 0 Å². The number of carbonyl (C=O) groups excluding carboxylic acids is 1. The third-order valence-corrected chi connectivity index (χ3v) is 6.87. The molecule has 3 aliphatic rings. The number of carbonyl (C=O) groups is 1. The van der Waals surface area contributed by atoms with Crippen molar-refractivity contribution in [3.8, 4) is 0 Å². The van der Waals surface area contributed by atoms with Crippen molar-refractivity contribution in [2.75, 3.05) is 11.4 Å². The van der Waals surface area contributed by atoms with Crippen LogP contribution in [0.3, 0.4) is 0 Å². The van der Waals surface area contributed by atoms with E-state index in [0.29, 0.717) is 36.1 Å². The number of amides is 1. The smallest absolute Gasteiger partial charge is 0.362 e. The van der Waals surface area contributed by atoms with Gasteiger partial charge in [-0.1, -0.05) is 43.3 Å². The highest BCUT2D eigenvalue weighted by Crippen LogP contribution is 2.52. The van der Waals surface area contributed by atoms with Crippen LogP contribution in [-0.4, -0.2) is 18.6 Å². The Kier molecular flexibility index (Phi) is 4.92. The van der Waals surface area contributed by atoms with Crippen LogP contribution in [0.5, 0.6) is 0 Å². The van der Waals surface area contributed by atoms with E-state index < -0.39 is 23.3 Å². The largest absolute Gasteiger partial charge is 0.416 e. The standard InChI is InChI=1S/C25H23F3N4O/c1-3-24(16-8-6-9-17(13-16)25(26,27)28)18-14-29-31-22(18)30-19-11-12-32(23(33)21(19)24)20-10-5-4-7-15(20)2/h4-10,13-14,22,30H,3,11-12H2,1-2H3/t22?,24-/m1/s1. The molecule has 0 saturated heterocycles. The Balaban J connectivity index is 1.72. The van der Waals surface area contributed by atoms with Crippen LogP contribution >= 0.6 is 0 Å². The Morgan fingerprint density at radius 3 is 2.70 bits per heavy atom. The van der Waals surface area contributed by atoms with E-state index >= 15 is 0 Å². The monoisotopic (exact) mass is 452 g/mol. The third-order valence-electron chi connectivity index (χ3n) is 6.87. The van der Waals surface area contributed by atoms with E-state index in [0.717, 1.165) is 29.1 Å². The van der Waals surface area contributed by atoms with Crippen molar-refractivity contribution in [2.24, 2.45) is 10.2 Å². The number of benzene rings is 2. The average Bonchev–Trinajstić information content (AvgIpc) is 3.27. The maximum atomic E-state index is 14.0. The minimum atomic E-state index is -4.49. The summed E-state index contributed by atoms with van der Waals surface area (Å²) in [5.41, 5.74) is 2.30. The molecular formula is C25H23F3N4O. The molecule has 170 valence electrons. The second-order valence-corrected chi connectivity index (χ2v) is 8.55. The van der Waals surface area contributed by atoms with Crippen LogP contribution in [0.1, 0.15) is 36.5 Å². The predicted octanol–water partition coefficient (Wildman–Crippen LogP) is 5.63. The molecule has 1 unspecified atom stereocenters. The van der Waals surface area contributed by atoms with Crippen molar-refractivity contribution in [3.63, 3.8) is 0 Å². The molecule has 5 nitrogen and oxygen atoms in total. The van der Waals surface area contributed by atoms with Crippen molar-refractivity contribution < 1.29 is 18.0 Å². The number of hydrogen-bond donors (Lipinski definition) is 1. The van der Waals surface area contributed by atoms with Crippen LogP contribution in [0, 0.1) is 6.92 Å². The Morgan fingerprint density at radius 2 is 1.97 bits per heavy atom. The van der Waals surface area contributed by atoms with Gasteiger partial charge in [-0.3, -0.25) is 4.79 Å². The lowest BCUT2D eigenvalue weighted by Crippen LogP contribution is -2.54. The molecule has 0 bridgehead atoms. The number of hydrogen-bond acceptors (Lipinski definition) is 4. The molecular weight excluding hydrogens is 429 g/mol. The highest BCUT2D eigenvalue weighted by molar-refractivity contribution is 6.10. The van der Waals surface area contributed by atoms with E-state index in [1.54, 1.807) is 17.2 Å². The SMILES string of the molecule is CC[C@@]1(c2cccc(C(F)(F)F)c2)C2=CN=NC2NC2=C1C(=O)N(c1ccccc1C)CC2. The van der Waals surface area contributed by atoms with Crippen LogP contribution in [-0.2, 0) is 16.4 Å². The van der Waals surface area contributed by atoms with Gasteiger partial charge in [0.25, 0.3) is 5.91 Å². The van der Waals surface area contributed by atoms with Gasteiger partial charge in [-0.15, -0.1) is 0 Å². The normalized spacial score (nSPS) is 24.4. The highest BCUT2D eigenvalue weighted by Gasteiger charge is 2.53. The zero-order valence-corrected chi connectivity index (χ0v) is 18.3. The van der Waals surface area contributed by atoms with Crippen molar-refractivity contribution in [3.05, 3.63) is 88.3 Å². The summed E-state index contributed by atoms with van der Waals surface area (Å²) in [5, 5.41) is 11.6. The van der Waals surface area contributed by atoms with Gasteiger partial charge < -0.3 is 10.2 Å². The Labute approximate surface area is 189 Å². The average molecular weight is 452 g/mol. The molecule has 2 aromatic carbocycles. The van der Waals surface area contributed by atoms with Gasteiger partial charge in [0, 0.05) is 29.9 Å². The quantitative estimate of drug-likeness (QED) is 0.656. The molecule has 3 aliphatic heterocycles. The first kappa shape index (κ1) is 21.4. The molecule has 0 radical (unpaired) electrons. The molecule has 33 heavy (non-hydrogen) atoms. The minimum absolute atomic E-state index is 0.205. The summed E-state index contributed by atoms with van der Waals surface area (Å²) in [6.07, 6.45) is -2.44. The lowest BCUT2D eigenvalue weighted by molar-refractivity contribution is -0.137. The van der Waals surface area contributed by atoms with Gasteiger partial charge in [0.1, 0.15) is 0 Å². The predicted molar refractivity (Wildman–Crippen MR) is 118 cm³/mol. The first-order valence-corrected chi connectivity index (χ1v) is 10.9. The fourth-order valence-electron chi connectivity index (χ4n) is 5.31. The van der Waals surface area contributed by atoms with Gasteiger partial charge in [0.05, 0.1) is 22.8 Å². The molecule has 8 heteroatoms. The molecule has 1 amide bonds. The van der Waals surface area contributed by atoms with E-state index in [4.69, 9.17) is 0 Å². The Morgan fingerprint density at radius 1 is 1.18 bits per heavy atom. The first-order chi connectivity index (χ1) is 15.8. The molecule has 3 heterocycles. The Bertz CT molecular complexity index is 1230. The number of azo groups is 1. The maximum absolute atomic E-state index is 14.0. The summed E-state index contributed by atoms with van der Waals surface area (Å²) in [6, 6.07) is 12.9. The lowest BCUT2D eigenvalue weighted by Gasteiger charge is -2.47. The zero-order valence-electron chi connectivity index (χ0n) is 18.3. The number of rotatable bonds is 3. The fraction of sp³-hybridized carbons (Fsp3) is 0.320. The van der Waals surface area contributed by atoms with E-state index in [1.165, 1.54) is 6.07 Å².